The van der Waals surface area contributed by atoms with E-state index in [9.17, 15) is 0 Å². The van der Waals surface area contributed by atoms with Crippen molar-refractivity contribution in [2.75, 3.05) is 24.5 Å². The van der Waals surface area contributed by atoms with E-state index in [2.05, 4.69) is 56.1 Å². The maximum absolute atomic E-state index is 6.39. The normalized spacial score (nSPS) is 22.1. The average Bonchev–Trinajstić information content (AvgIpc) is 2.35. The maximum atomic E-state index is 6.39. The fourth-order valence-electron chi connectivity index (χ4n) is 2.79. The van der Waals surface area contributed by atoms with E-state index in [0.717, 1.165) is 36.8 Å². The van der Waals surface area contributed by atoms with E-state index in [-0.39, 0.29) is 11.7 Å². The summed E-state index contributed by atoms with van der Waals surface area (Å²) in [4.78, 5) is 2.36. The molecule has 1 fully saturated rings. The second kappa shape index (κ2) is 6.33. The number of anilines is 1. The lowest BCUT2D eigenvalue weighted by Gasteiger charge is -2.43. The highest BCUT2D eigenvalue weighted by Gasteiger charge is 2.31. The lowest BCUT2D eigenvalue weighted by molar-refractivity contribution is -0.0749. The van der Waals surface area contributed by atoms with Gasteiger partial charge in [0, 0.05) is 30.3 Å². The van der Waals surface area contributed by atoms with Crippen molar-refractivity contribution in [2.24, 2.45) is 0 Å². The predicted octanol–water partition coefficient (Wildman–Crippen LogP) is 3.45. The molecule has 4 heteroatoms. The van der Waals surface area contributed by atoms with E-state index >= 15 is 0 Å². The molecule has 1 atom stereocenters. The summed E-state index contributed by atoms with van der Waals surface area (Å²) in [5.74, 6) is 0. The number of morpholine rings is 1. The van der Waals surface area contributed by atoms with Crippen LogP contribution in [0.3, 0.4) is 0 Å². The molecule has 1 aliphatic heterocycles. The molecular weight excluding hydrogens is 272 g/mol. The first-order valence-electron chi connectivity index (χ1n) is 7.33. The molecule has 2 rings (SSSR count). The fraction of sp³-hybridized carbons (Fsp3) is 0.625. The van der Waals surface area contributed by atoms with Gasteiger partial charge in [-0.15, -0.1) is 0 Å². The average molecular weight is 297 g/mol. The zero-order chi connectivity index (χ0) is 14.8. The summed E-state index contributed by atoms with van der Waals surface area (Å²) in [6.07, 6.45) is 0.235. The van der Waals surface area contributed by atoms with Crippen molar-refractivity contribution in [2.45, 2.75) is 45.9 Å². The van der Waals surface area contributed by atoms with Gasteiger partial charge in [0.1, 0.15) is 0 Å². The van der Waals surface area contributed by atoms with Gasteiger partial charge in [-0.05, 0) is 45.0 Å². The number of benzene rings is 1. The van der Waals surface area contributed by atoms with Crippen LogP contribution in [0.2, 0.25) is 5.02 Å². The number of ether oxygens (including phenoxy) is 1. The zero-order valence-electron chi connectivity index (χ0n) is 12.9. The van der Waals surface area contributed by atoms with Crippen LogP contribution in [0, 0.1) is 0 Å². The van der Waals surface area contributed by atoms with Crippen molar-refractivity contribution in [3.63, 3.8) is 0 Å². The second-order valence-corrected chi connectivity index (χ2v) is 6.53. The number of nitrogens with zero attached hydrogens (tertiary/aromatic N) is 1. The SMILES string of the molecule is CCNCc1ccc(N2CC(C)OC(C)(C)C2)cc1Cl. The highest BCUT2D eigenvalue weighted by Crippen LogP contribution is 2.29. The molecule has 1 N–H and O–H groups in total. The van der Waals surface area contributed by atoms with Crippen molar-refractivity contribution in [1.82, 2.24) is 5.32 Å². The van der Waals surface area contributed by atoms with E-state index < -0.39 is 0 Å². The standard InChI is InChI=1S/C16H25ClN2O/c1-5-18-9-13-6-7-14(8-15(13)17)19-10-12(2)20-16(3,4)11-19/h6-8,12,18H,5,9-11H2,1-4H3. The van der Waals surface area contributed by atoms with Crippen LogP contribution in [0.25, 0.3) is 0 Å². The molecule has 1 aromatic carbocycles. The van der Waals surface area contributed by atoms with Crippen LogP contribution in [-0.4, -0.2) is 31.3 Å². The van der Waals surface area contributed by atoms with Crippen LogP contribution in [0.1, 0.15) is 33.3 Å². The minimum Gasteiger partial charge on any atom is -0.369 e. The first kappa shape index (κ1) is 15.6. The van der Waals surface area contributed by atoms with Crippen LogP contribution in [0.5, 0.6) is 0 Å². The minimum absolute atomic E-state index is 0.118. The number of hydrogen-bond acceptors (Lipinski definition) is 3. The quantitative estimate of drug-likeness (QED) is 0.921. The Kier molecular flexibility index (Phi) is 4.95. The second-order valence-electron chi connectivity index (χ2n) is 6.12. The summed E-state index contributed by atoms with van der Waals surface area (Å²) in [5, 5.41) is 4.14. The number of rotatable bonds is 4. The Bertz CT molecular complexity index is 462. The van der Waals surface area contributed by atoms with E-state index in [1.54, 1.807) is 0 Å². The lowest BCUT2D eigenvalue weighted by Crippen LogP contribution is -2.52. The molecular formula is C16H25ClN2O. The van der Waals surface area contributed by atoms with Crippen molar-refractivity contribution in [1.29, 1.82) is 0 Å². The van der Waals surface area contributed by atoms with Gasteiger partial charge in [0.05, 0.1) is 11.7 Å². The van der Waals surface area contributed by atoms with Crippen LogP contribution in [0.4, 0.5) is 5.69 Å². The molecule has 0 spiro atoms. The van der Waals surface area contributed by atoms with Crippen LogP contribution >= 0.6 is 11.6 Å². The van der Waals surface area contributed by atoms with Gasteiger partial charge in [-0.3, -0.25) is 0 Å². The Hall–Kier alpha value is -0.770. The monoisotopic (exact) mass is 296 g/mol. The molecule has 0 aliphatic carbocycles. The largest absolute Gasteiger partial charge is 0.369 e. The summed E-state index contributed by atoms with van der Waals surface area (Å²) < 4.78 is 5.95. The van der Waals surface area contributed by atoms with Gasteiger partial charge >= 0.3 is 0 Å². The van der Waals surface area contributed by atoms with Gasteiger partial charge in [-0.2, -0.15) is 0 Å². The molecule has 0 bridgehead atoms. The van der Waals surface area contributed by atoms with Crippen molar-refractivity contribution in [3.05, 3.63) is 28.8 Å². The van der Waals surface area contributed by atoms with E-state index in [1.807, 2.05) is 0 Å². The Morgan fingerprint density at radius 1 is 1.45 bits per heavy atom. The fourth-order valence-corrected chi connectivity index (χ4v) is 3.03. The smallest absolute Gasteiger partial charge is 0.0805 e. The summed E-state index contributed by atoms with van der Waals surface area (Å²) in [7, 11) is 0. The Labute approximate surface area is 127 Å². The van der Waals surface area contributed by atoms with Gasteiger partial charge < -0.3 is 15.0 Å². The third kappa shape index (κ3) is 3.87. The molecule has 1 heterocycles. The minimum atomic E-state index is -0.118. The summed E-state index contributed by atoms with van der Waals surface area (Å²) in [6.45, 7) is 12.1. The summed E-state index contributed by atoms with van der Waals surface area (Å²) >= 11 is 6.39. The Morgan fingerprint density at radius 2 is 2.20 bits per heavy atom. The third-order valence-corrected chi connectivity index (χ3v) is 3.89. The van der Waals surface area contributed by atoms with Crippen LogP contribution < -0.4 is 10.2 Å². The molecule has 1 unspecified atom stereocenters. The number of halogens is 1. The molecule has 1 saturated heterocycles. The highest BCUT2D eigenvalue weighted by molar-refractivity contribution is 6.31. The molecule has 0 amide bonds. The van der Waals surface area contributed by atoms with Crippen molar-refractivity contribution < 1.29 is 4.74 Å². The first-order valence-corrected chi connectivity index (χ1v) is 7.71. The van der Waals surface area contributed by atoms with Gasteiger partial charge in [0.2, 0.25) is 0 Å². The lowest BCUT2D eigenvalue weighted by atomic mass is 10.0. The van der Waals surface area contributed by atoms with Crippen LogP contribution in [0.15, 0.2) is 18.2 Å². The first-order chi connectivity index (χ1) is 9.41. The van der Waals surface area contributed by atoms with Crippen molar-refractivity contribution >= 4 is 17.3 Å². The maximum Gasteiger partial charge on any atom is 0.0805 e. The Morgan fingerprint density at radius 3 is 2.80 bits per heavy atom. The topological polar surface area (TPSA) is 24.5 Å². The summed E-state index contributed by atoms with van der Waals surface area (Å²) in [5.41, 5.74) is 2.21. The van der Waals surface area contributed by atoms with Gasteiger partial charge in [0.25, 0.3) is 0 Å². The molecule has 1 aromatic rings. The van der Waals surface area contributed by atoms with Gasteiger partial charge in [-0.25, -0.2) is 0 Å². The third-order valence-electron chi connectivity index (χ3n) is 3.54. The summed E-state index contributed by atoms with van der Waals surface area (Å²) in [6, 6.07) is 6.35. The molecule has 20 heavy (non-hydrogen) atoms. The predicted molar refractivity (Wildman–Crippen MR) is 85.7 cm³/mol. The van der Waals surface area contributed by atoms with Gasteiger partial charge in [-0.1, -0.05) is 24.6 Å². The molecule has 112 valence electrons. The molecule has 1 aliphatic rings. The van der Waals surface area contributed by atoms with E-state index in [0.29, 0.717) is 0 Å². The molecule has 0 aromatic heterocycles. The molecule has 0 radical (unpaired) electrons. The van der Waals surface area contributed by atoms with E-state index in [1.165, 1.54) is 5.69 Å². The Balaban J connectivity index is 2.14. The molecule has 0 saturated carbocycles. The highest BCUT2D eigenvalue weighted by atomic mass is 35.5. The van der Waals surface area contributed by atoms with Crippen molar-refractivity contribution in [3.8, 4) is 0 Å². The molecule has 3 nitrogen and oxygen atoms in total. The number of hydrogen-bond donors (Lipinski definition) is 1. The number of nitrogens with one attached hydrogen (secondary N) is 1. The van der Waals surface area contributed by atoms with Gasteiger partial charge in [0.15, 0.2) is 0 Å². The van der Waals surface area contributed by atoms with Crippen LogP contribution in [-0.2, 0) is 11.3 Å². The zero-order valence-corrected chi connectivity index (χ0v) is 13.6. The van der Waals surface area contributed by atoms with E-state index in [4.69, 9.17) is 16.3 Å².